The van der Waals surface area contributed by atoms with Crippen LogP contribution in [0.15, 0.2) is 24.3 Å². The third-order valence-corrected chi connectivity index (χ3v) is 3.16. The molecule has 0 aromatic heterocycles. The van der Waals surface area contributed by atoms with Gasteiger partial charge in [-0.05, 0) is 24.0 Å². The minimum Gasteiger partial charge on any atom is -0.391 e. The number of aliphatic hydroxyl groups excluding tert-OH is 1. The molecule has 0 spiro atoms. The maximum absolute atomic E-state index is 10.1. The molecule has 2 rings (SSSR count). The summed E-state index contributed by atoms with van der Waals surface area (Å²) in [5.41, 5.74) is 2.69. The van der Waals surface area contributed by atoms with Gasteiger partial charge in [-0.15, -0.1) is 0 Å². The van der Waals surface area contributed by atoms with Crippen molar-refractivity contribution in [3.63, 3.8) is 0 Å². The van der Waals surface area contributed by atoms with E-state index in [0.29, 0.717) is 19.4 Å². The summed E-state index contributed by atoms with van der Waals surface area (Å²) in [4.78, 5) is 10.1. The van der Waals surface area contributed by atoms with Crippen molar-refractivity contribution in [2.45, 2.75) is 31.5 Å². The summed E-state index contributed by atoms with van der Waals surface area (Å²) in [5, 5.41) is 15.6. The lowest BCUT2D eigenvalue weighted by atomic mass is 9.93. The van der Waals surface area contributed by atoms with Gasteiger partial charge in [0.2, 0.25) is 6.41 Å². The summed E-state index contributed by atoms with van der Waals surface area (Å²) >= 11 is 0. The fraction of sp³-hybridized carbons (Fsp3) is 0.462. The Morgan fingerprint density at radius 1 is 1.47 bits per heavy atom. The van der Waals surface area contributed by atoms with Crippen molar-refractivity contribution >= 4 is 6.41 Å². The second-order valence-electron chi connectivity index (χ2n) is 4.47. The molecule has 92 valence electrons. The van der Waals surface area contributed by atoms with Crippen LogP contribution in [0, 0.1) is 0 Å². The quantitative estimate of drug-likeness (QED) is 0.638. The number of hydrogen-bond acceptors (Lipinski definition) is 3. The van der Waals surface area contributed by atoms with Gasteiger partial charge in [0.05, 0.1) is 6.10 Å². The van der Waals surface area contributed by atoms with E-state index in [0.717, 1.165) is 13.0 Å². The van der Waals surface area contributed by atoms with Gasteiger partial charge in [0.1, 0.15) is 0 Å². The molecule has 1 heterocycles. The molecule has 1 aliphatic heterocycles. The first-order valence-electron chi connectivity index (χ1n) is 5.95. The molecule has 2 atom stereocenters. The van der Waals surface area contributed by atoms with Crippen LogP contribution in [-0.4, -0.2) is 30.2 Å². The normalized spacial score (nSPS) is 20.4. The molecule has 2 unspecified atom stereocenters. The van der Waals surface area contributed by atoms with Crippen LogP contribution >= 0.6 is 0 Å². The zero-order chi connectivity index (χ0) is 12.1. The Balaban J connectivity index is 1.87. The molecule has 4 nitrogen and oxygen atoms in total. The monoisotopic (exact) mass is 234 g/mol. The average molecular weight is 234 g/mol. The van der Waals surface area contributed by atoms with E-state index < -0.39 is 6.10 Å². The molecule has 0 aliphatic carbocycles. The molecular weight excluding hydrogens is 216 g/mol. The van der Waals surface area contributed by atoms with Crippen molar-refractivity contribution in [1.82, 2.24) is 10.6 Å². The minimum absolute atomic E-state index is 0.286. The SMILES string of the molecule is O=CNCC(O)CC1Cc2ccccc2CN1. The van der Waals surface area contributed by atoms with Crippen LogP contribution in [-0.2, 0) is 17.8 Å². The first-order chi connectivity index (χ1) is 8.29. The highest BCUT2D eigenvalue weighted by Crippen LogP contribution is 2.18. The van der Waals surface area contributed by atoms with E-state index in [4.69, 9.17) is 0 Å². The number of fused-ring (bicyclic) bond motifs is 1. The Kier molecular flexibility index (Phi) is 4.12. The summed E-state index contributed by atoms with van der Waals surface area (Å²) < 4.78 is 0. The lowest BCUT2D eigenvalue weighted by Gasteiger charge is -2.27. The predicted molar refractivity (Wildman–Crippen MR) is 65.5 cm³/mol. The molecule has 0 radical (unpaired) electrons. The van der Waals surface area contributed by atoms with Crippen LogP contribution in [0.3, 0.4) is 0 Å². The lowest BCUT2D eigenvalue weighted by molar-refractivity contribution is -0.110. The van der Waals surface area contributed by atoms with Crippen LogP contribution in [0.2, 0.25) is 0 Å². The standard InChI is InChI=1S/C13H18N2O2/c16-9-14-8-13(17)6-12-5-10-3-1-2-4-11(10)7-15-12/h1-4,9,12-13,15,17H,5-8H2,(H,14,16). The van der Waals surface area contributed by atoms with Gasteiger partial charge in [-0.1, -0.05) is 24.3 Å². The van der Waals surface area contributed by atoms with Crippen molar-refractivity contribution in [1.29, 1.82) is 0 Å². The van der Waals surface area contributed by atoms with Crippen molar-refractivity contribution in [3.05, 3.63) is 35.4 Å². The molecule has 0 fully saturated rings. The number of hydrogen-bond donors (Lipinski definition) is 3. The summed E-state index contributed by atoms with van der Waals surface area (Å²) in [5.74, 6) is 0. The Labute approximate surface area is 101 Å². The van der Waals surface area contributed by atoms with E-state index in [2.05, 4.69) is 22.8 Å². The Morgan fingerprint density at radius 2 is 2.24 bits per heavy atom. The van der Waals surface area contributed by atoms with Crippen molar-refractivity contribution in [2.24, 2.45) is 0 Å². The van der Waals surface area contributed by atoms with E-state index in [1.54, 1.807) is 0 Å². The van der Waals surface area contributed by atoms with Gasteiger partial charge in [-0.25, -0.2) is 0 Å². The summed E-state index contributed by atoms with van der Waals surface area (Å²) in [6.07, 6.45) is 1.74. The molecule has 0 saturated carbocycles. The fourth-order valence-corrected chi connectivity index (χ4v) is 2.28. The third-order valence-electron chi connectivity index (χ3n) is 3.16. The van der Waals surface area contributed by atoms with Crippen molar-refractivity contribution in [3.8, 4) is 0 Å². The van der Waals surface area contributed by atoms with Crippen LogP contribution in [0.5, 0.6) is 0 Å². The first-order valence-corrected chi connectivity index (χ1v) is 5.95. The van der Waals surface area contributed by atoms with Gasteiger partial charge in [0.25, 0.3) is 0 Å². The molecule has 17 heavy (non-hydrogen) atoms. The highest BCUT2D eigenvalue weighted by atomic mass is 16.3. The largest absolute Gasteiger partial charge is 0.391 e. The van der Waals surface area contributed by atoms with Crippen LogP contribution in [0.4, 0.5) is 0 Å². The highest BCUT2D eigenvalue weighted by Gasteiger charge is 2.19. The first kappa shape index (κ1) is 12.1. The lowest BCUT2D eigenvalue weighted by Crippen LogP contribution is -2.40. The number of nitrogens with one attached hydrogen (secondary N) is 2. The molecule has 0 bridgehead atoms. The van der Waals surface area contributed by atoms with Gasteiger partial charge in [-0.2, -0.15) is 0 Å². The minimum atomic E-state index is -0.483. The van der Waals surface area contributed by atoms with Gasteiger partial charge in [0.15, 0.2) is 0 Å². The molecule has 1 aromatic rings. The van der Waals surface area contributed by atoms with Crippen LogP contribution in [0.1, 0.15) is 17.5 Å². The zero-order valence-corrected chi connectivity index (χ0v) is 9.73. The number of rotatable bonds is 5. The maximum atomic E-state index is 10.1. The number of aliphatic hydroxyl groups is 1. The van der Waals surface area contributed by atoms with Crippen LogP contribution in [0.25, 0.3) is 0 Å². The number of amides is 1. The maximum Gasteiger partial charge on any atom is 0.207 e. The van der Waals surface area contributed by atoms with Gasteiger partial charge in [0, 0.05) is 19.1 Å². The topological polar surface area (TPSA) is 61.4 Å². The van der Waals surface area contributed by atoms with Crippen molar-refractivity contribution < 1.29 is 9.90 Å². The molecule has 1 aromatic carbocycles. The van der Waals surface area contributed by atoms with E-state index in [1.165, 1.54) is 11.1 Å². The molecule has 0 saturated heterocycles. The number of benzene rings is 1. The van der Waals surface area contributed by atoms with Gasteiger partial charge >= 0.3 is 0 Å². The fourth-order valence-electron chi connectivity index (χ4n) is 2.28. The second kappa shape index (κ2) is 5.80. The van der Waals surface area contributed by atoms with Gasteiger partial charge < -0.3 is 15.7 Å². The molecule has 3 N–H and O–H groups in total. The zero-order valence-electron chi connectivity index (χ0n) is 9.73. The molecule has 1 aliphatic rings. The highest BCUT2D eigenvalue weighted by molar-refractivity contribution is 5.45. The molecule has 4 heteroatoms. The van der Waals surface area contributed by atoms with E-state index >= 15 is 0 Å². The van der Waals surface area contributed by atoms with Crippen LogP contribution < -0.4 is 10.6 Å². The summed E-state index contributed by atoms with van der Waals surface area (Å²) in [6.45, 7) is 1.18. The Morgan fingerprint density at radius 3 is 3.00 bits per heavy atom. The average Bonchev–Trinajstić information content (AvgIpc) is 2.36. The number of carbonyl (C=O) groups excluding carboxylic acids is 1. The van der Waals surface area contributed by atoms with Gasteiger partial charge in [-0.3, -0.25) is 4.79 Å². The van der Waals surface area contributed by atoms with E-state index in [-0.39, 0.29) is 6.04 Å². The van der Waals surface area contributed by atoms with Crippen molar-refractivity contribution in [2.75, 3.05) is 6.54 Å². The summed E-state index contributed by atoms with van der Waals surface area (Å²) in [7, 11) is 0. The molecular formula is C13H18N2O2. The third kappa shape index (κ3) is 3.28. The summed E-state index contributed by atoms with van der Waals surface area (Å²) in [6, 6.07) is 8.64. The molecule has 1 amide bonds. The van der Waals surface area contributed by atoms with E-state index in [9.17, 15) is 9.90 Å². The predicted octanol–water partition coefficient (Wildman–Crippen LogP) is 0.198. The smallest absolute Gasteiger partial charge is 0.207 e. The second-order valence-corrected chi connectivity index (χ2v) is 4.47. The Hall–Kier alpha value is -1.39. The van der Waals surface area contributed by atoms with E-state index in [1.807, 2.05) is 12.1 Å². The number of carbonyl (C=O) groups is 1. The Bertz CT molecular complexity index is 381.